The largest absolute Gasteiger partial charge is 0.481 e. The van der Waals surface area contributed by atoms with Crippen LogP contribution in [0.1, 0.15) is 39.0 Å². The van der Waals surface area contributed by atoms with Gasteiger partial charge >= 0.3 is 5.97 Å². The molecule has 17 heavy (non-hydrogen) atoms. The van der Waals surface area contributed by atoms with E-state index < -0.39 is 5.97 Å². The van der Waals surface area contributed by atoms with Crippen LogP contribution in [0.2, 0.25) is 0 Å². The third kappa shape index (κ3) is 3.70. The second-order valence-corrected chi connectivity index (χ2v) is 5.07. The SMILES string of the molecule is CC(C(=O)NC1CC1)N(CCC(=O)O)C1CC1. The van der Waals surface area contributed by atoms with Gasteiger partial charge in [-0.15, -0.1) is 0 Å². The lowest BCUT2D eigenvalue weighted by atomic mass is 10.2. The Hall–Kier alpha value is -1.10. The first-order valence-electron chi connectivity index (χ1n) is 6.36. The van der Waals surface area contributed by atoms with E-state index in [9.17, 15) is 9.59 Å². The van der Waals surface area contributed by atoms with Crippen molar-refractivity contribution in [3.63, 3.8) is 0 Å². The van der Waals surface area contributed by atoms with E-state index in [1.54, 1.807) is 0 Å². The smallest absolute Gasteiger partial charge is 0.304 e. The number of amides is 1. The Morgan fingerprint density at radius 3 is 2.47 bits per heavy atom. The van der Waals surface area contributed by atoms with Crippen LogP contribution in [0.15, 0.2) is 0 Å². The van der Waals surface area contributed by atoms with Crippen LogP contribution in [0.3, 0.4) is 0 Å². The summed E-state index contributed by atoms with van der Waals surface area (Å²) in [6.07, 6.45) is 4.44. The van der Waals surface area contributed by atoms with E-state index in [4.69, 9.17) is 5.11 Å². The summed E-state index contributed by atoms with van der Waals surface area (Å²) in [4.78, 5) is 24.5. The molecule has 5 heteroatoms. The van der Waals surface area contributed by atoms with E-state index in [1.165, 1.54) is 0 Å². The third-order valence-electron chi connectivity index (χ3n) is 3.40. The first-order chi connectivity index (χ1) is 8.08. The molecule has 5 nitrogen and oxygen atoms in total. The molecule has 2 N–H and O–H groups in total. The highest BCUT2D eigenvalue weighted by atomic mass is 16.4. The highest BCUT2D eigenvalue weighted by molar-refractivity contribution is 5.82. The van der Waals surface area contributed by atoms with Gasteiger partial charge in [0.2, 0.25) is 5.91 Å². The van der Waals surface area contributed by atoms with Gasteiger partial charge in [0.1, 0.15) is 0 Å². The summed E-state index contributed by atoms with van der Waals surface area (Å²) in [5.74, 6) is -0.754. The van der Waals surface area contributed by atoms with Crippen molar-refractivity contribution >= 4 is 11.9 Å². The van der Waals surface area contributed by atoms with Crippen molar-refractivity contribution in [2.45, 2.75) is 57.2 Å². The highest BCUT2D eigenvalue weighted by Crippen LogP contribution is 2.29. The monoisotopic (exact) mass is 240 g/mol. The molecular weight excluding hydrogens is 220 g/mol. The molecule has 2 rings (SSSR count). The van der Waals surface area contributed by atoms with Gasteiger partial charge in [0.05, 0.1) is 12.5 Å². The molecule has 0 bridgehead atoms. The standard InChI is InChI=1S/C12H20N2O3/c1-8(12(17)13-9-2-3-9)14(10-4-5-10)7-6-11(15)16/h8-10H,2-7H2,1H3,(H,13,17)(H,15,16). The zero-order valence-corrected chi connectivity index (χ0v) is 10.2. The number of carboxylic acids is 1. The molecule has 0 aromatic rings. The van der Waals surface area contributed by atoms with Crippen LogP contribution in [0.5, 0.6) is 0 Å². The van der Waals surface area contributed by atoms with Crippen LogP contribution < -0.4 is 5.32 Å². The average molecular weight is 240 g/mol. The second kappa shape index (κ2) is 5.04. The first kappa shape index (κ1) is 12.4. The molecule has 0 heterocycles. The van der Waals surface area contributed by atoms with Crippen molar-refractivity contribution < 1.29 is 14.7 Å². The van der Waals surface area contributed by atoms with Gasteiger partial charge in [-0.1, -0.05) is 0 Å². The lowest BCUT2D eigenvalue weighted by Gasteiger charge is -2.27. The average Bonchev–Trinajstić information content (AvgIpc) is 3.10. The van der Waals surface area contributed by atoms with Crippen LogP contribution in [-0.2, 0) is 9.59 Å². The highest BCUT2D eigenvalue weighted by Gasteiger charge is 2.36. The molecule has 0 aromatic carbocycles. The molecule has 1 amide bonds. The van der Waals surface area contributed by atoms with Crippen molar-refractivity contribution in [2.75, 3.05) is 6.54 Å². The Labute approximate surface area is 101 Å². The summed E-state index contributed by atoms with van der Waals surface area (Å²) in [5.41, 5.74) is 0. The molecule has 96 valence electrons. The maximum absolute atomic E-state index is 11.9. The summed E-state index contributed by atoms with van der Waals surface area (Å²) >= 11 is 0. The molecule has 0 radical (unpaired) electrons. The Morgan fingerprint density at radius 1 is 1.35 bits per heavy atom. The number of carboxylic acid groups (broad SMARTS) is 1. The summed E-state index contributed by atoms with van der Waals surface area (Å²) in [6, 6.07) is 0.572. The number of carbonyl (C=O) groups excluding carboxylic acids is 1. The van der Waals surface area contributed by atoms with Crippen molar-refractivity contribution in [1.82, 2.24) is 10.2 Å². The van der Waals surface area contributed by atoms with E-state index >= 15 is 0 Å². The molecular formula is C12H20N2O3. The molecule has 0 aromatic heterocycles. The molecule has 0 aliphatic heterocycles. The molecule has 2 fully saturated rings. The number of rotatable bonds is 7. The summed E-state index contributed by atoms with van der Waals surface area (Å²) in [7, 11) is 0. The van der Waals surface area contributed by atoms with Gasteiger partial charge in [-0.05, 0) is 32.6 Å². The molecule has 2 saturated carbocycles. The number of carbonyl (C=O) groups is 2. The van der Waals surface area contributed by atoms with Gasteiger partial charge in [0, 0.05) is 18.6 Å². The minimum absolute atomic E-state index is 0.0461. The van der Waals surface area contributed by atoms with Gasteiger partial charge < -0.3 is 10.4 Å². The Kier molecular flexibility index (Phi) is 3.66. The van der Waals surface area contributed by atoms with E-state index in [2.05, 4.69) is 5.32 Å². The minimum Gasteiger partial charge on any atom is -0.481 e. The van der Waals surface area contributed by atoms with Crippen molar-refractivity contribution in [3.8, 4) is 0 Å². The van der Waals surface area contributed by atoms with Crippen molar-refractivity contribution in [1.29, 1.82) is 0 Å². The zero-order chi connectivity index (χ0) is 12.4. The van der Waals surface area contributed by atoms with Crippen LogP contribution in [0.25, 0.3) is 0 Å². The van der Waals surface area contributed by atoms with Crippen molar-refractivity contribution in [3.05, 3.63) is 0 Å². The van der Waals surface area contributed by atoms with Gasteiger partial charge in [-0.25, -0.2) is 0 Å². The van der Waals surface area contributed by atoms with Crippen LogP contribution >= 0.6 is 0 Å². The lowest BCUT2D eigenvalue weighted by molar-refractivity contribution is -0.138. The zero-order valence-electron chi connectivity index (χ0n) is 10.2. The van der Waals surface area contributed by atoms with Gasteiger partial charge in [0.25, 0.3) is 0 Å². The lowest BCUT2D eigenvalue weighted by Crippen LogP contribution is -2.47. The second-order valence-electron chi connectivity index (χ2n) is 5.07. The molecule has 1 atom stereocenters. The summed E-state index contributed by atoms with van der Waals surface area (Å²) in [6.45, 7) is 2.34. The van der Waals surface area contributed by atoms with Gasteiger partial charge in [-0.2, -0.15) is 0 Å². The number of hydrogen-bond acceptors (Lipinski definition) is 3. The van der Waals surface area contributed by atoms with Crippen LogP contribution in [0, 0.1) is 0 Å². The van der Waals surface area contributed by atoms with Crippen LogP contribution in [-0.4, -0.2) is 46.6 Å². The first-order valence-corrected chi connectivity index (χ1v) is 6.36. The molecule has 2 aliphatic rings. The fraction of sp³-hybridized carbons (Fsp3) is 0.833. The van der Waals surface area contributed by atoms with Crippen molar-refractivity contribution in [2.24, 2.45) is 0 Å². The summed E-state index contributed by atoms with van der Waals surface area (Å²) in [5, 5.41) is 11.7. The Bertz CT molecular complexity index is 311. The molecule has 0 spiro atoms. The quantitative estimate of drug-likeness (QED) is 0.683. The minimum atomic E-state index is -0.801. The Balaban J connectivity index is 1.84. The predicted octanol–water partition coefficient (Wildman–Crippen LogP) is 0.593. The van der Waals surface area contributed by atoms with E-state index in [1.807, 2.05) is 11.8 Å². The maximum Gasteiger partial charge on any atom is 0.304 e. The number of aliphatic carboxylic acids is 1. The predicted molar refractivity (Wildman–Crippen MR) is 62.6 cm³/mol. The van der Waals surface area contributed by atoms with Gasteiger partial charge in [0.15, 0.2) is 0 Å². The third-order valence-corrected chi connectivity index (χ3v) is 3.40. The normalized spacial score (nSPS) is 21.3. The summed E-state index contributed by atoms with van der Waals surface area (Å²) < 4.78 is 0. The number of nitrogens with one attached hydrogen (secondary N) is 1. The number of nitrogens with zero attached hydrogens (tertiary/aromatic N) is 1. The van der Waals surface area contributed by atoms with E-state index in [0.717, 1.165) is 25.7 Å². The molecule has 0 saturated heterocycles. The Morgan fingerprint density at radius 2 is 2.00 bits per heavy atom. The van der Waals surface area contributed by atoms with Crippen LogP contribution in [0.4, 0.5) is 0 Å². The fourth-order valence-corrected chi connectivity index (χ4v) is 2.02. The molecule has 2 aliphatic carbocycles. The maximum atomic E-state index is 11.9. The van der Waals surface area contributed by atoms with Gasteiger partial charge in [-0.3, -0.25) is 14.5 Å². The fourth-order valence-electron chi connectivity index (χ4n) is 2.02. The number of hydrogen-bond donors (Lipinski definition) is 2. The van der Waals surface area contributed by atoms with E-state index in [0.29, 0.717) is 18.6 Å². The van der Waals surface area contributed by atoms with E-state index in [-0.39, 0.29) is 18.4 Å². The molecule has 1 unspecified atom stereocenters. The topological polar surface area (TPSA) is 69.6 Å².